The van der Waals surface area contributed by atoms with Gasteiger partial charge in [-0.1, -0.05) is 31.4 Å². The maximum atomic E-state index is 5.88. The molecule has 1 aromatic heterocycles. The molecule has 2 radical (unpaired) electrons. The lowest BCUT2D eigenvalue weighted by Gasteiger charge is -2.00. The Labute approximate surface area is 86.9 Å². The molecule has 0 unspecified atom stereocenters. The summed E-state index contributed by atoms with van der Waals surface area (Å²) in [6.07, 6.45) is 7.58. The normalized spacial score (nSPS) is 10.7. The van der Waals surface area contributed by atoms with Gasteiger partial charge in [-0.15, -0.1) is 0 Å². The summed E-state index contributed by atoms with van der Waals surface area (Å²) in [5, 5.41) is 0. The molecule has 0 aliphatic rings. The molecular formula is C12H14BN. The molecule has 2 heteroatoms. The molecule has 0 amide bonds. The lowest BCUT2D eigenvalue weighted by molar-refractivity contribution is 1.13. The van der Waals surface area contributed by atoms with Crippen LogP contribution >= 0.6 is 0 Å². The average Bonchev–Trinajstić information content (AvgIpc) is 2.40. The van der Waals surface area contributed by atoms with Gasteiger partial charge in [-0.3, -0.25) is 0 Å². The molecular weight excluding hydrogens is 169 g/mol. The van der Waals surface area contributed by atoms with Crippen LogP contribution in [-0.4, -0.2) is 12.5 Å². The molecule has 0 aliphatic heterocycles. The third-order valence-electron chi connectivity index (χ3n) is 2.31. The largest absolute Gasteiger partial charge is 0.400 e. The van der Waals surface area contributed by atoms with E-state index in [0.717, 1.165) is 22.5 Å². The van der Waals surface area contributed by atoms with Crippen molar-refractivity contribution in [3.8, 4) is 0 Å². The first-order valence-corrected chi connectivity index (χ1v) is 4.55. The Bertz CT molecular complexity index is 365. The second kappa shape index (κ2) is 4.18. The molecule has 0 aliphatic carbocycles. The Kier molecular flexibility index (Phi) is 3.18. The molecule has 1 heterocycles. The van der Waals surface area contributed by atoms with Crippen LogP contribution in [-0.2, 0) is 0 Å². The Balaban J connectivity index is 3.56. The van der Waals surface area contributed by atoms with Gasteiger partial charge in [0.15, 0.2) is 0 Å². The van der Waals surface area contributed by atoms with E-state index in [4.69, 9.17) is 7.98 Å². The van der Waals surface area contributed by atoms with Crippen LogP contribution in [0.5, 0.6) is 0 Å². The highest BCUT2D eigenvalue weighted by Crippen LogP contribution is 2.24. The van der Waals surface area contributed by atoms with E-state index >= 15 is 0 Å². The summed E-state index contributed by atoms with van der Waals surface area (Å²) in [6, 6.07) is 0. The Morgan fingerprint density at radius 3 is 2.29 bits per heavy atom. The Morgan fingerprint density at radius 2 is 1.86 bits per heavy atom. The van der Waals surface area contributed by atoms with Gasteiger partial charge in [0.05, 0.1) is 0 Å². The fraction of sp³-hybridized carbons (Fsp3) is 0.167. The second-order valence-corrected chi connectivity index (χ2v) is 3.08. The number of aromatic nitrogens is 1. The van der Waals surface area contributed by atoms with Crippen molar-refractivity contribution in [2.45, 2.75) is 13.8 Å². The SMILES string of the molecule is [B]n1c(C)c(C=C)c(/C=C\C)c1C=C. The molecule has 14 heavy (non-hydrogen) atoms. The first kappa shape index (κ1) is 10.6. The van der Waals surface area contributed by atoms with E-state index in [1.165, 1.54) is 0 Å². The minimum absolute atomic E-state index is 0.926. The van der Waals surface area contributed by atoms with Crippen LogP contribution in [0.1, 0.15) is 29.4 Å². The maximum absolute atomic E-state index is 5.88. The summed E-state index contributed by atoms with van der Waals surface area (Å²) in [4.78, 5) is 0. The van der Waals surface area contributed by atoms with Crippen molar-refractivity contribution in [2.24, 2.45) is 0 Å². The number of nitrogens with zero attached hydrogens (tertiary/aromatic N) is 1. The van der Waals surface area contributed by atoms with Crippen LogP contribution in [0.3, 0.4) is 0 Å². The average molecular weight is 183 g/mol. The van der Waals surface area contributed by atoms with Crippen LogP contribution in [0.4, 0.5) is 0 Å². The van der Waals surface area contributed by atoms with Gasteiger partial charge in [0.1, 0.15) is 0 Å². The van der Waals surface area contributed by atoms with E-state index in [1.807, 2.05) is 32.1 Å². The Hall–Kier alpha value is -1.44. The van der Waals surface area contributed by atoms with Crippen molar-refractivity contribution in [3.63, 3.8) is 0 Å². The third kappa shape index (κ3) is 1.48. The van der Waals surface area contributed by atoms with Crippen LogP contribution in [0.15, 0.2) is 19.2 Å². The summed E-state index contributed by atoms with van der Waals surface area (Å²) in [5.74, 6) is 0. The van der Waals surface area contributed by atoms with Crippen molar-refractivity contribution in [1.82, 2.24) is 4.48 Å². The smallest absolute Gasteiger partial charge is 0.234 e. The number of hydrogen-bond acceptors (Lipinski definition) is 0. The Morgan fingerprint density at radius 1 is 1.21 bits per heavy atom. The molecule has 0 atom stereocenters. The second-order valence-electron chi connectivity index (χ2n) is 3.08. The first-order chi connectivity index (χ1) is 6.67. The van der Waals surface area contributed by atoms with Crippen molar-refractivity contribution in [3.05, 3.63) is 41.7 Å². The fourth-order valence-electron chi connectivity index (χ4n) is 1.58. The molecule has 0 saturated carbocycles. The van der Waals surface area contributed by atoms with Crippen molar-refractivity contribution in [1.29, 1.82) is 0 Å². The van der Waals surface area contributed by atoms with E-state index in [-0.39, 0.29) is 0 Å². The van der Waals surface area contributed by atoms with Crippen LogP contribution in [0.2, 0.25) is 0 Å². The van der Waals surface area contributed by atoms with Gasteiger partial charge in [0.2, 0.25) is 7.98 Å². The molecule has 0 aromatic carbocycles. The predicted molar refractivity (Wildman–Crippen MR) is 65.2 cm³/mol. The van der Waals surface area contributed by atoms with E-state index in [1.54, 1.807) is 10.6 Å². The summed E-state index contributed by atoms with van der Waals surface area (Å²) in [6.45, 7) is 11.5. The fourth-order valence-corrected chi connectivity index (χ4v) is 1.58. The van der Waals surface area contributed by atoms with Crippen LogP contribution in [0, 0.1) is 6.92 Å². The highest BCUT2D eigenvalue weighted by atomic mass is 14.9. The van der Waals surface area contributed by atoms with Gasteiger partial charge >= 0.3 is 0 Å². The van der Waals surface area contributed by atoms with Gasteiger partial charge < -0.3 is 4.48 Å². The molecule has 0 N–H and O–H groups in total. The van der Waals surface area contributed by atoms with Crippen LogP contribution in [0.25, 0.3) is 18.2 Å². The number of hydrogen-bond donors (Lipinski definition) is 0. The van der Waals surface area contributed by atoms with Gasteiger partial charge in [0.25, 0.3) is 0 Å². The first-order valence-electron chi connectivity index (χ1n) is 4.55. The summed E-state index contributed by atoms with van der Waals surface area (Å²) in [5.41, 5.74) is 4.08. The van der Waals surface area contributed by atoms with E-state index < -0.39 is 0 Å². The molecule has 0 saturated heterocycles. The molecule has 70 valence electrons. The summed E-state index contributed by atoms with van der Waals surface area (Å²) in [7, 11) is 5.88. The van der Waals surface area contributed by atoms with Gasteiger partial charge in [0, 0.05) is 22.5 Å². The molecule has 1 aromatic rings. The van der Waals surface area contributed by atoms with Crippen molar-refractivity contribution < 1.29 is 0 Å². The summed E-state index contributed by atoms with van der Waals surface area (Å²) < 4.78 is 1.64. The summed E-state index contributed by atoms with van der Waals surface area (Å²) >= 11 is 0. The minimum Gasteiger partial charge on any atom is -0.400 e. The van der Waals surface area contributed by atoms with E-state index in [0.29, 0.717) is 0 Å². The lowest BCUT2D eigenvalue weighted by atomic mass is 10.1. The van der Waals surface area contributed by atoms with E-state index in [9.17, 15) is 0 Å². The molecule has 0 fully saturated rings. The monoisotopic (exact) mass is 183 g/mol. The maximum Gasteiger partial charge on any atom is 0.234 e. The number of rotatable bonds is 3. The molecule has 1 nitrogen and oxygen atoms in total. The highest BCUT2D eigenvalue weighted by Gasteiger charge is 2.10. The quantitative estimate of drug-likeness (QED) is 0.634. The molecule has 0 bridgehead atoms. The topological polar surface area (TPSA) is 4.93 Å². The highest BCUT2D eigenvalue weighted by molar-refractivity contribution is 6.09. The predicted octanol–water partition coefficient (Wildman–Crippen LogP) is 3.05. The standard InChI is InChI=1S/C12H14BN/c1-5-8-11-10(6-2)9(4)14(13)12(11)7-3/h5-8H,2-3H2,1,4H3/b8-5-. The van der Waals surface area contributed by atoms with Gasteiger partial charge in [-0.25, -0.2) is 0 Å². The molecule has 0 spiro atoms. The zero-order valence-corrected chi connectivity index (χ0v) is 8.75. The minimum atomic E-state index is 0.926. The van der Waals surface area contributed by atoms with Gasteiger partial charge in [-0.2, -0.15) is 0 Å². The third-order valence-corrected chi connectivity index (χ3v) is 2.31. The van der Waals surface area contributed by atoms with Crippen LogP contribution < -0.4 is 0 Å². The van der Waals surface area contributed by atoms with Crippen molar-refractivity contribution >= 4 is 26.2 Å². The zero-order valence-electron chi connectivity index (χ0n) is 8.75. The van der Waals surface area contributed by atoms with Gasteiger partial charge in [-0.05, 0) is 19.9 Å². The lowest BCUT2D eigenvalue weighted by Crippen LogP contribution is -1.96. The van der Waals surface area contributed by atoms with E-state index in [2.05, 4.69) is 13.2 Å². The molecule has 1 rings (SSSR count). The number of allylic oxidation sites excluding steroid dienone is 1. The van der Waals surface area contributed by atoms with Crippen molar-refractivity contribution in [2.75, 3.05) is 0 Å². The zero-order chi connectivity index (χ0) is 10.7.